The van der Waals surface area contributed by atoms with Crippen molar-refractivity contribution in [2.75, 3.05) is 0 Å². The van der Waals surface area contributed by atoms with Crippen molar-refractivity contribution in [2.24, 2.45) is 17.8 Å². The SMILES string of the molecule is CC1[C@H](/C=C/c2ccc(-c3ccccc3C#N)cn2)C2[C@@H](C)OC(=O)[C@]2(NCc2nccs2)CC1(F)F. The summed E-state index contributed by atoms with van der Waals surface area (Å²) in [7, 11) is 0. The van der Waals surface area contributed by atoms with E-state index in [9.17, 15) is 10.1 Å². The maximum Gasteiger partial charge on any atom is 0.327 e. The predicted molar refractivity (Wildman–Crippen MR) is 136 cm³/mol. The minimum absolute atomic E-state index is 0.212. The second-order valence-corrected chi connectivity index (χ2v) is 10.7. The average molecular weight is 521 g/mol. The van der Waals surface area contributed by atoms with Gasteiger partial charge in [-0.3, -0.25) is 15.1 Å². The zero-order valence-corrected chi connectivity index (χ0v) is 21.2. The Bertz CT molecular complexity index is 1350. The second kappa shape index (κ2) is 9.77. The third-order valence-corrected chi connectivity index (χ3v) is 8.36. The molecule has 2 fully saturated rings. The van der Waals surface area contributed by atoms with E-state index in [0.717, 1.165) is 16.1 Å². The number of ether oxygens (including phenoxy) is 1. The number of carbonyl (C=O) groups excluding carboxylic acids is 1. The van der Waals surface area contributed by atoms with Gasteiger partial charge in [0.05, 0.1) is 17.3 Å². The molecule has 2 aliphatic rings. The zero-order chi connectivity index (χ0) is 26.2. The first-order chi connectivity index (χ1) is 17.7. The van der Waals surface area contributed by atoms with Crippen LogP contribution in [0.1, 0.15) is 36.5 Å². The number of halogens is 2. The highest BCUT2D eigenvalue weighted by atomic mass is 32.1. The standard InChI is InChI=1S/C28H26F2N4O2S/c1-17-22(10-9-21-8-7-20(14-33-21)23-6-4-3-5-19(23)13-31)25-18(2)36-26(35)27(25,16-28(17,29)30)34-15-24-32-11-12-37-24/h3-12,14,17-18,22,25,34H,15-16H2,1-2H3/b10-9+/t17?,18-,22+,25?,27+/m1/s1. The van der Waals surface area contributed by atoms with Gasteiger partial charge < -0.3 is 4.74 Å². The molecule has 3 aromatic rings. The Labute approximate surface area is 218 Å². The maximum atomic E-state index is 15.4. The Morgan fingerprint density at radius 1 is 1.24 bits per heavy atom. The molecule has 5 rings (SSSR count). The van der Waals surface area contributed by atoms with Crippen LogP contribution in [0.15, 0.2) is 60.2 Å². The van der Waals surface area contributed by atoms with E-state index in [4.69, 9.17) is 4.74 Å². The number of aromatic nitrogens is 2. The molecule has 6 nitrogen and oxygen atoms in total. The van der Waals surface area contributed by atoms with Crippen LogP contribution in [0.2, 0.25) is 0 Å². The molecule has 1 saturated heterocycles. The van der Waals surface area contributed by atoms with E-state index in [1.54, 1.807) is 49.7 Å². The smallest absolute Gasteiger partial charge is 0.327 e. The quantitative estimate of drug-likeness (QED) is 0.434. The molecule has 3 heterocycles. The summed E-state index contributed by atoms with van der Waals surface area (Å²) < 4.78 is 36.4. The lowest BCUT2D eigenvalue weighted by Crippen LogP contribution is -2.64. The van der Waals surface area contributed by atoms with Crippen molar-refractivity contribution in [3.63, 3.8) is 0 Å². The van der Waals surface area contributed by atoms with Gasteiger partial charge in [0.25, 0.3) is 5.92 Å². The van der Waals surface area contributed by atoms with Gasteiger partial charge in [0.15, 0.2) is 0 Å². The summed E-state index contributed by atoms with van der Waals surface area (Å²) >= 11 is 1.40. The topological polar surface area (TPSA) is 87.9 Å². The molecule has 190 valence electrons. The van der Waals surface area contributed by atoms with Crippen LogP contribution in [0.4, 0.5) is 8.78 Å². The van der Waals surface area contributed by atoms with Crippen molar-refractivity contribution >= 4 is 23.4 Å². The Morgan fingerprint density at radius 3 is 2.76 bits per heavy atom. The van der Waals surface area contributed by atoms with Gasteiger partial charge in [0, 0.05) is 53.7 Å². The highest BCUT2D eigenvalue weighted by molar-refractivity contribution is 7.09. The Kier molecular flexibility index (Phi) is 6.65. The molecule has 1 aromatic carbocycles. The number of benzene rings is 1. The highest BCUT2D eigenvalue weighted by Crippen LogP contribution is 2.55. The van der Waals surface area contributed by atoms with Crippen LogP contribution in [-0.4, -0.2) is 33.5 Å². The summed E-state index contributed by atoms with van der Waals surface area (Å²) in [5.74, 6) is -5.82. The second-order valence-electron chi connectivity index (χ2n) is 9.68. The molecule has 2 unspecified atom stereocenters. The zero-order valence-electron chi connectivity index (χ0n) is 20.4. The van der Waals surface area contributed by atoms with Crippen molar-refractivity contribution in [3.05, 3.63) is 76.5 Å². The largest absolute Gasteiger partial charge is 0.461 e. The number of thiazole rings is 1. The molecular weight excluding hydrogens is 494 g/mol. The number of hydrogen-bond acceptors (Lipinski definition) is 7. The van der Waals surface area contributed by atoms with Gasteiger partial charge in [-0.2, -0.15) is 5.26 Å². The number of alkyl halides is 2. The fourth-order valence-electron chi connectivity index (χ4n) is 5.66. The minimum atomic E-state index is -3.08. The number of allylic oxidation sites excluding steroid dienone is 1. The first-order valence-electron chi connectivity index (χ1n) is 12.1. The summed E-state index contributed by atoms with van der Waals surface area (Å²) in [4.78, 5) is 21.7. The van der Waals surface area contributed by atoms with Crippen LogP contribution in [0.3, 0.4) is 0 Å². The first-order valence-corrected chi connectivity index (χ1v) is 13.0. The van der Waals surface area contributed by atoms with Gasteiger partial charge >= 0.3 is 5.97 Å². The Balaban J connectivity index is 1.44. The number of hydrogen-bond donors (Lipinski definition) is 1. The third kappa shape index (κ3) is 4.56. The van der Waals surface area contributed by atoms with E-state index in [-0.39, 0.29) is 6.54 Å². The third-order valence-electron chi connectivity index (χ3n) is 7.58. The number of esters is 1. The number of fused-ring (bicyclic) bond motifs is 1. The van der Waals surface area contributed by atoms with Crippen LogP contribution in [-0.2, 0) is 16.1 Å². The maximum absolute atomic E-state index is 15.4. The monoisotopic (exact) mass is 520 g/mol. The van der Waals surface area contributed by atoms with Gasteiger partial charge in [-0.1, -0.05) is 37.3 Å². The van der Waals surface area contributed by atoms with Gasteiger partial charge in [-0.05, 0) is 31.1 Å². The Hall–Kier alpha value is -3.48. The van der Waals surface area contributed by atoms with Gasteiger partial charge in [-0.15, -0.1) is 11.3 Å². The van der Waals surface area contributed by atoms with Crippen LogP contribution >= 0.6 is 11.3 Å². The molecule has 2 aromatic heterocycles. The summed E-state index contributed by atoms with van der Waals surface area (Å²) in [5.41, 5.74) is 1.21. The highest BCUT2D eigenvalue weighted by Gasteiger charge is 2.67. The van der Waals surface area contributed by atoms with E-state index in [0.29, 0.717) is 11.3 Å². The predicted octanol–water partition coefficient (Wildman–Crippen LogP) is 5.47. The van der Waals surface area contributed by atoms with E-state index in [1.807, 2.05) is 23.6 Å². The van der Waals surface area contributed by atoms with Gasteiger partial charge in [-0.25, -0.2) is 13.8 Å². The van der Waals surface area contributed by atoms with E-state index < -0.39 is 47.7 Å². The lowest BCUT2D eigenvalue weighted by Gasteiger charge is -2.48. The van der Waals surface area contributed by atoms with E-state index in [2.05, 4.69) is 21.4 Å². The van der Waals surface area contributed by atoms with Crippen molar-refractivity contribution in [3.8, 4) is 17.2 Å². The number of nitrogens with one attached hydrogen (secondary N) is 1. The average Bonchev–Trinajstić information content (AvgIpc) is 3.49. The van der Waals surface area contributed by atoms with Crippen molar-refractivity contribution in [1.29, 1.82) is 5.26 Å². The summed E-state index contributed by atoms with van der Waals surface area (Å²) in [6.07, 6.45) is 5.64. The fraction of sp³-hybridized carbons (Fsp3) is 0.357. The molecule has 0 amide bonds. The molecular formula is C28H26F2N4O2S. The molecule has 9 heteroatoms. The molecule has 5 atom stereocenters. The summed E-state index contributed by atoms with van der Waals surface area (Å²) in [6.45, 7) is 3.51. The normalized spacial score (nSPS) is 28.6. The molecule has 1 aliphatic carbocycles. The molecule has 0 spiro atoms. The van der Waals surface area contributed by atoms with E-state index >= 15 is 8.78 Å². The Morgan fingerprint density at radius 2 is 2.05 bits per heavy atom. The molecule has 37 heavy (non-hydrogen) atoms. The van der Waals surface area contributed by atoms with Gasteiger partial charge in [0.2, 0.25) is 0 Å². The molecule has 0 radical (unpaired) electrons. The van der Waals surface area contributed by atoms with Crippen molar-refractivity contribution < 1.29 is 18.3 Å². The number of rotatable bonds is 6. The van der Waals surface area contributed by atoms with Crippen molar-refractivity contribution in [1.82, 2.24) is 15.3 Å². The van der Waals surface area contributed by atoms with Crippen LogP contribution in [0.25, 0.3) is 17.2 Å². The number of pyridine rings is 1. The number of nitrogens with zero attached hydrogens (tertiary/aromatic N) is 3. The number of nitriles is 1. The summed E-state index contributed by atoms with van der Waals surface area (Å²) in [6, 6.07) is 13.1. The lowest BCUT2D eigenvalue weighted by molar-refractivity contribution is -0.160. The molecule has 1 saturated carbocycles. The molecule has 1 aliphatic heterocycles. The number of carbonyl (C=O) groups is 1. The van der Waals surface area contributed by atoms with Crippen LogP contribution < -0.4 is 5.32 Å². The van der Waals surface area contributed by atoms with E-state index in [1.165, 1.54) is 18.3 Å². The molecule has 1 N–H and O–H groups in total. The van der Waals surface area contributed by atoms with Gasteiger partial charge in [0.1, 0.15) is 16.7 Å². The van der Waals surface area contributed by atoms with Crippen LogP contribution in [0.5, 0.6) is 0 Å². The summed E-state index contributed by atoms with van der Waals surface area (Å²) in [5, 5.41) is 15.0. The lowest BCUT2D eigenvalue weighted by atomic mass is 9.60. The fourth-order valence-corrected chi connectivity index (χ4v) is 6.21. The van der Waals surface area contributed by atoms with Crippen molar-refractivity contribution in [2.45, 2.75) is 44.4 Å². The number of cyclic esters (lactones) is 1. The first kappa shape index (κ1) is 25.2. The minimum Gasteiger partial charge on any atom is -0.461 e. The molecule has 0 bridgehead atoms. The van der Waals surface area contributed by atoms with Crippen LogP contribution in [0, 0.1) is 29.1 Å².